The molecule has 0 aromatic heterocycles. The van der Waals surface area contributed by atoms with Gasteiger partial charge in [-0.1, -0.05) is 13.8 Å². The van der Waals surface area contributed by atoms with Gasteiger partial charge in [0.1, 0.15) is 0 Å². The second-order valence-corrected chi connectivity index (χ2v) is 5.04. The molecule has 0 saturated heterocycles. The van der Waals surface area contributed by atoms with Crippen LogP contribution in [0.3, 0.4) is 0 Å². The normalized spacial score (nSPS) is 16.3. The van der Waals surface area contributed by atoms with Crippen molar-refractivity contribution in [3.63, 3.8) is 0 Å². The molecular formula is C11H24N2O2S. The molecule has 0 aliphatic rings. The van der Waals surface area contributed by atoms with Crippen LogP contribution in [0, 0.1) is 5.92 Å². The minimum absolute atomic E-state index is 0.0169. The lowest BCUT2D eigenvalue weighted by molar-refractivity contribution is 0.199. The lowest BCUT2D eigenvalue weighted by Crippen LogP contribution is -2.48. The van der Waals surface area contributed by atoms with Crippen LogP contribution in [-0.2, 0) is 0 Å². The van der Waals surface area contributed by atoms with E-state index in [2.05, 4.69) is 17.6 Å². The predicted octanol–water partition coefficient (Wildman–Crippen LogP) is 1.44. The minimum Gasteiger partial charge on any atom is -0.396 e. The Morgan fingerprint density at radius 1 is 1.38 bits per heavy atom. The monoisotopic (exact) mass is 248 g/mol. The van der Waals surface area contributed by atoms with E-state index in [0.717, 1.165) is 12.2 Å². The fourth-order valence-electron chi connectivity index (χ4n) is 1.20. The Morgan fingerprint density at radius 3 is 2.44 bits per heavy atom. The first-order valence-corrected chi connectivity index (χ1v) is 7.11. The van der Waals surface area contributed by atoms with Crippen molar-refractivity contribution >= 4 is 17.8 Å². The quantitative estimate of drug-likeness (QED) is 0.639. The molecule has 0 rings (SSSR count). The number of carbonyl (C=O) groups excluding carboxylic acids is 1. The average Bonchev–Trinajstić information content (AvgIpc) is 2.27. The highest BCUT2D eigenvalue weighted by molar-refractivity contribution is 7.98. The van der Waals surface area contributed by atoms with Gasteiger partial charge in [-0.2, -0.15) is 11.8 Å². The molecule has 96 valence electrons. The van der Waals surface area contributed by atoms with Crippen LogP contribution in [0.25, 0.3) is 0 Å². The SMILES string of the molecule is CCC(CSC)NC(=O)NC(C)C(C)CO. The summed E-state index contributed by atoms with van der Waals surface area (Å²) in [7, 11) is 0. The summed E-state index contributed by atoms with van der Waals surface area (Å²) in [6.07, 6.45) is 2.96. The van der Waals surface area contributed by atoms with Crippen LogP contribution < -0.4 is 10.6 Å². The Morgan fingerprint density at radius 2 is 2.00 bits per heavy atom. The lowest BCUT2D eigenvalue weighted by Gasteiger charge is -2.22. The van der Waals surface area contributed by atoms with E-state index in [1.54, 1.807) is 11.8 Å². The number of rotatable bonds is 7. The summed E-state index contributed by atoms with van der Waals surface area (Å²) >= 11 is 1.72. The zero-order chi connectivity index (χ0) is 12.6. The van der Waals surface area contributed by atoms with Crippen molar-refractivity contribution in [1.82, 2.24) is 10.6 Å². The van der Waals surface area contributed by atoms with E-state index >= 15 is 0 Å². The maximum absolute atomic E-state index is 11.6. The fraction of sp³-hybridized carbons (Fsp3) is 0.909. The molecule has 0 radical (unpaired) electrons. The number of urea groups is 1. The van der Waals surface area contributed by atoms with Gasteiger partial charge in [0.05, 0.1) is 0 Å². The van der Waals surface area contributed by atoms with Gasteiger partial charge < -0.3 is 15.7 Å². The zero-order valence-corrected chi connectivity index (χ0v) is 11.4. The lowest BCUT2D eigenvalue weighted by atomic mass is 10.1. The predicted molar refractivity (Wildman–Crippen MR) is 69.8 cm³/mol. The summed E-state index contributed by atoms with van der Waals surface area (Å²) in [4.78, 5) is 11.6. The second kappa shape index (κ2) is 8.70. The maximum atomic E-state index is 11.6. The molecule has 0 heterocycles. The van der Waals surface area contributed by atoms with Gasteiger partial charge in [0, 0.05) is 24.4 Å². The van der Waals surface area contributed by atoms with Crippen LogP contribution in [0.15, 0.2) is 0 Å². The Kier molecular flexibility index (Phi) is 8.47. The number of nitrogens with one attached hydrogen (secondary N) is 2. The summed E-state index contributed by atoms with van der Waals surface area (Å²) in [6.45, 7) is 5.95. The van der Waals surface area contributed by atoms with Crippen molar-refractivity contribution < 1.29 is 9.90 Å². The molecule has 4 nitrogen and oxygen atoms in total. The molecule has 3 atom stereocenters. The van der Waals surface area contributed by atoms with Crippen LogP contribution in [0.4, 0.5) is 4.79 Å². The largest absolute Gasteiger partial charge is 0.396 e. The number of thioether (sulfide) groups is 1. The molecule has 16 heavy (non-hydrogen) atoms. The zero-order valence-electron chi connectivity index (χ0n) is 10.6. The topological polar surface area (TPSA) is 61.4 Å². The van der Waals surface area contributed by atoms with Crippen LogP contribution >= 0.6 is 11.8 Å². The number of amides is 2. The molecule has 5 heteroatoms. The van der Waals surface area contributed by atoms with Gasteiger partial charge in [-0.25, -0.2) is 4.79 Å². The van der Waals surface area contributed by atoms with Crippen LogP contribution in [-0.4, -0.2) is 41.8 Å². The first-order chi connectivity index (χ1) is 7.54. The minimum atomic E-state index is -0.145. The average molecular weight is 248 g/mol. The van der Waals surface area contributed by atoms with E-state index in [-0.39, 0.29) is 30.6 Å². The molecule has 0 aromatic carbocycles. The van der Waals surface area contributed by atoms with E-state index < -0.39 is 0 Å². The third-order valence-electron chi connectivity index (χ3n) is 2.70. The van der Waals surface area contributed by atoms with E-state index in [4.69, 9.17) is 5.11 Å². The van der Waals surface area contributed by atoms with Gasteiger partial charge in [-0.3, -0.25) is 0 Å². The molecule has 3 N–H and O–H groups in total. The van der Waals surface area contributed by atoms with Gasteiger partial charge in [0.15, 0.2) is 0 Å². The van der Waals surface area contributed by atoms with Crippen LogP contribution in [0.1, 0.15) is 27.2 Å². The molecular weight excluding hydrogens is 224 g/mol. The molecule has 0 bridgehead atoms. The van der Waals surface area contributed by atoms with Gasteiger partial charge in [-0.15, -0.1) is 0 Å². The Labute approximate surface area is 103 Å². The van der Waals surface area contributed by atoms with Gasteiger partial charge in [0.25, 0.3) is 0 Å². The molecule has 0 aliphatic heterocycles. The van der Waals surface area contributed by atoms with Crippen molar-refractivity contribution in [1.29, 1.82) is 0 Å². The maximum Gasteiger partial charge on any atom is 0.315 e. The summed E-state index contributed by atoms with van der Waals surface area (Å²) in [6, 6.07) is 0.0529. The number of aliphatic hydroxyl groups is 1. The fourth-order valence-corrected chi connectivity index (χ4v) is 1.92. The molecule has 0 fully saturated rings. The highest BCUT2D eigenvalue weighted by Crippen LogP contribution is 2.02. The van der Waals surface area contributed by atoms with Crippen LogP contribution in [0.5, 0.6) is 0 Å². The van der Waals surface area contributed by atoms with Crippen molar-refractivity contribution in [2.75, 3.05) is 18.6 Å². The summed E-state index contributed by atoms with van der Waals surface area (Å²) in [5.74, 6) is 1.000. The second-order valence-electron chi connectivity index (χ2n) is 4.13. The smallest absolute Gasteiger partial charge is 0.315 e. The number of carbonyl (C=O) groups is 1. The Hall–Kier alpha value is -0.420. The standard InChI is InChI=1S/C11H24N2O2S/c1-5-10(7-16-4)13-11(15)12-9(3)8(2)6-14/h8-10,14H,5-7H2,1-4H3,(H2,12,13,15). The highest BCUT2D eigenvalue weighted by Gasteiger charge is 2.15. The Bertz CT molecular complexity index is 196. The number of hydrogen-bond acceptors (Lipinski definition) is 3. The number of aliphatic hydroxyl groups excluding tert-OH is 1. The summed E-state index contributed by atoms with van der Waals surface area (Å²) in [5.41, 5.74) is 0. The van der Waals surface area contributed by atoms with E-state index in [1.165, 1.54) is 0 Å². The van der Waals surface area contributed by atoms with Crippen molar-refractivity contribution in [3.05, 3.63) is 0 Å². The molecule has 0 spiro atoms. The third-order valence-corrected chi connectivity index (χ3v) is 3.43. The molecule has 2 amide bonds. The van der Waals surface area contributed by atoms with Gasteiger partial charge in [-0.05, 0) is 25.5 Å². The van der Waals surface area contributed by atoms with Gasteiger partial charge >= 0.3 is 6.03 Å². The molecule has 3 unspecified atom stereocenters. The summed E-state index contributed by atoms with van der Waals surface area (Å²) in [5, 5.41) is 14.7. The number of hydrogen-bond donors (Lipinski definition) is 3. The van der Waals surface area contributed by atoms with E-state index in [1.807, 2.05) is 20.1 Å². The molecule has 0 aliphatic carbocycles. The third kappa shape index (κ3) is 6.23. The van der Waals surface area contributed by atoms with E-state index in [9.17, 15) is 4.79 Å². The Balaban J connectivity index is 3.96. The first-order valence-electron chi connectivity index (χ1n) is 5.71. The highest BCUT2D eigenvalue weighted by atomic mass is 32.2. The summed E-state index contributed by atoms with van der Waals surface area (Å²) < 4.78 is 0. The van der Waals surface area contributed by atoms with Crippen molar-refractivity contribution in [2.45, 2.75) is 39.3 Å². The first kappa shape index (κ1) is 15.6. The molecule has 0 saturated carbocycles. The van der Waals surface area contributed by atoms with Crippen LogP contribution in [0.2, 0.25) is 0 Å². The van der Waals surface area contributed by atoms with E-state index in [0.29, 0.717) is 0 Å². The van der Waals surface area contributed by atoms with Gasteiger partial charge in [0.2, 0.25) is 0 Å². The van der Waals surface area contributed by atoms with Crippen molar-refractivity contribution in [2.24, 2.45) is 5.92 Å². The van der Waals surface area contributed by atoms with Crippen molar-refractivity contribution in [3.8, 4) is 0 Å². The molecule has 0 aromatic rings.